The van der Waals surface area contributed by atoms with Gasteiger partial charge in [0.25, 0.3) is 5.79 Å². The Balaban J connectivity index is 0.000000202. The van der Waals surface area contributed by atoms with Gasteiger partial charge in [-0.25, -0.2) is 56.9 Å². The standard InChI is InChI=1S/C29H27FN4O7S2.C28H24FN5O5S2/c1-17(35)40-29(21-15-31-23-24(42-3)32-27(43-4)33-34(21)23)28(2,30)22(39-26(37)19-13-9-6-10-14-19)20(41-29)16-38-25(36)18-11-7-5-8-12-18;1-27(29)21(38-25(36)18-12-8-5-9-13-18)19(15-37-24(35)17-10-6-4-7-11-17)39-28(27,16-30)20-14-31-22-23(40-2)32-26(41-3)33-34(20)22/h5-15,20,22H,16H2,1-4H3;4-14,19,21H,15H2,1-3H3/t20-,22-,28-,29?;19-,21-,27-,28?/m11/s1. The molecule has 27 heteroatoms. The number of ether oxygens (including phenoxy) is 7. The molecule has 4 aromatic heterocycles. The molecule has 8 atom stereocenters. The first-order valence-electron chi connectivity index (χ1n) is 25.4. The van der Waals surface area contributed by atoms with Crippen LogP contribution in [-0.2, 0) is 49.3 Å². The molecule has 10 rings (SSSR count). The van der Waals surface area contributed by atoms with E-state index in [0.717, 1.165) is 20.8 Å². The molecule has 0 amide bonds. The number of fused-ring (bicyclic) bond motifs is 2. The van der Waals surface area contributed by atoms with E-state index in [1.54, 1.807) is 116 Å². The predicted molar refractivity (Wildman–Crippen MR) is 303 cm³/mol. The summed E-state index contributed by atoms with van der Waals surface area (Å²) < 4.78 is 77.5. The highest BCUT2D eigenvalue weighted by molar-refractivity contribution is 7.99. The number of rotatable bonds is 17. The quantitative estimate of drug-likeness (QED) is 0.0468. The van der Waals surface area contributed by atoms with Gasteiger partial charge in [0.15, 0.2) is 29.2 Å². The minimum absolute atomic E-state index is 0.0226. The third-order valence-corrected chi connectivity index (χ3v) is 15.9. The van der Waals surface area contributed by atoms with Gasteiger partial charge in [-0.3, -0.25) is 4.79 Å². The number of nitrogens with zero attached hydrogens (tertiary/aromatic N) is 9. The smallest absolute Gasteiger partial charge is 0.338 e. The van der Waals surface area contributed by atoms with E-state index in [4.69, 9.17) is 33.2 Å². The van der Waals surface area contributed by atoms with Gasteiger partial charge in [0, 0.05) is 6.92 Å². The Morgan fingerprint density at radius 1 is 0.571 bits per heavy atom. The zero-order chi connectivity index (χ0) is 60.0. The first-order valence-corrected chi connectivity index (χ1v) is 30.3. The maximum absolute atomic E-state index is 17.5. The van der Waals surface area contributed by atoms with Gasteiger partial charge < -0.3 is 33.2 Å². The second-order valence-corrected chi connectivity index (χ2v) is 21.9. The molecule has 6 heterocycles. The lowest BCUT2D eigenvalue weighted by molar-refractivity contribution is -0.271. The van der Waals surface area contributed by atoms with Gasteiger partial charge in [0.05, 0.1) is 34.6 Å². The first-order chi connectivity index (χ1) is 40.4. The topological polar surface area (TPSA) is 260 Å². The zero-order valence-corrected chi connectivity index (χ0v) is 49.0. The SMILES string of the molecule is CSc1nc(SC)c2ncc(C3(C#N)O[C@H](COC(=O)c4ccccc4)[C@@H](OC(=O)c4ccccc4)[C@@]3(C)F)n2n1.CSc1nc(SC)c2ncc(C3(OC(C)=O)O[C@H](COC(=O)c4ccccc4)[C@@H](OC(=O)c4ccccc4)[C@@]3(C)F)n2n1. The number of benzene rings is 4. The molecule has 2 fully saturated rings. The number of nitriles is 1. The number of esters is 5. The van der Waals surface area contributed by atoms with Gasteiger partial charge in [-0.2, -0.15) is 5.26 Å². The molecular formula is C57H51F2N9O12S4. The normalized spacial score (nSPS) is 23.4. The number of alkyl halides is 2. The van der Waals surface area contributed by atoms with Crippen LogP contribution in [0.5, 0.6) is 0 Å². The Kier molecular flexibility index (Phi) is 18.4. The third kappa shape index (κ3) is 11.6. The van der Waals surface area contributed by atoms with E-state index < -0.39 is 90.2 Å². The van der Waals surface area contributed by atoms with Crippen LogP contribution in [0.15, 0.2) is 154 Å². The van der Waals surface area contributed by atoms with E-state index in [0.29, 0.717) is 26.0 Å². The highest BCUT2D eigenvalue weighted by Crippen LogP contribution is 2.53. The molecule has 2 aliphatic heterocycles. The van der Waals surface area contributed by atoms with Crippen LogP contribution in [0.1, 0.15) is 73.6 Å². The second-order valence-electron chi connectivity index (χ2n) is 18.8. The Morgan fingerprint density at radius 3 is 1.35 bits per heavy atom. The minimum atomic E-state index is -2.74. The molecule has 8 aromatic rings. The Hall–Kier alpha value is -8.00. The number of halogens is 2. The van der Waals surface area contributed by atoms with Gasteiger partial charge >= 0.3 is 29.8 Å². The lowest BCUT2D eigenvalue weighted by Crippen LogP contribution is -2.53. The lowest BCUT2D eigenvalue weighted by Gasteiger charge is -2.35. The molecule has 0 N–H and O–H groups in total. The zero-order valence-electron chi connectivity index (χ0n) is 45.7. The lowest BCUT2D eigenvalue weighted by atomic mass is 9.82. The fourth-order valence-electron chi connectivity index (χ4n) is 9.42. The summed E-state index contributed by atoms with van der Waals surface area (Å²) in [6.07, 6.45) is 3.59. The van der Waals surface area contributed by atoms with Crippen molar-refractivity contribution in [1.82, 2.24) is 39.2 Å². The third-order valence-electron chi connectivity index (χ3n) is 13.5. The molecule has 434 valence electrons. The Labute approximate surface area is 495 Å². The summed E-state index contributed by atoms with van der Waals surface area (Å²) in [5.41, 5.74) is -6.43. The number of hydrogen-bond acceptors (Lipinski definition) is 23. The molecule has 2 aliphatic rings. The van der Waals surface area contributed by atoms with Crippen molar-refractivity contribution >= 4 is 88.2 Å². The molecule has 0 saturated carbocycles. The summed E-state index contributed by atoms with van der Waals surface area (Å²) in [7, 11) is 0. The summed E-state index contributed by atoms with van der Waals surface area (Å²) in [4.78, 5) is 81.9. The number of hydrogen-bond donors (Lipinski definition) is 0. The largest absolute Gasteiger partial charge is 0.459 e. The van der Waals surface area contributed by atoms with E-state index in [9.17, 15) is 29.2 Å². The van der Waals surface area contributed by atoms with Crippen LogP contribution in [-0.4, -0.2) is 143 Å². The summed E-state index contributed by atoms with van der Waals surface area (Å²) in [6, 6.07) is 34.4. The van der Waals surface area contributed by atoms with Crippen LogP contribution in [0.25, 0.3) is 11.3 Å². The van der Waals surface area contributed by atoms with Crippen molar-refractivity contribution < 1.29 is 65.9 Å². The summed E-state index contributed by atoms with van der Waals surface area (Å²) in [5.74, 6) is -6.49. The van der Waals surface area contributed by atoms with Crippen molar-refractivity contribution in [3.8, 4) is 6.07 Å². The Morgan fingerprint density at radius 2 is 0.952 bits per heavy atom. The maximum Gasteiger partial charge on any atom is 0.338 e. The molecule has 0 aliphatic carbocycles. The van der Waals surface area contributed by atoms with Gasteiger partial charge in [-0.1, -0.05) is 96.3 Å². The molecule has 0 bridgehead atoms. The number of carbonyl (C=O) groups is 5. The average Bonchev–Trinajstić information content (AvgIpc) is 4.37. The molecule has 4 aromatic carbocycles. The average molecular weight is 1220 g/mol. The predicted octanol–water partition coefficient (Wildman–Crippen LogP) is 8.99. The van der Waals surface area contributed by atoms with Crippen LogP contribution in [0.4, 0.5) is 8.78 Å². The van der Waals surface area contributed by atoms with Crippen molar-refractivity contribution in [2.45, 2.75) is 88.3 Å². The number of thioether (sulfide) groups is 4. The minimum Gasteiger partial charge on any atom is -0.459 e. The van der Waals surface area contributed by atoms with E-state index in [2.05, 4.69) is 30.1 Å². The van der Waals surface area contributed by atoms with Crippen molar-refractivity contribution in [1.29, 1.82) is 5.26 Å². The van der Waals surface area contributed by atoms with Crippen molar-refractivity contribution in [3.05, 3.63) is 167 Å². The molecule has 2 saturated heterocycles. The first kappa shape index (κ1) is 60.6. The maximum atomic E-state index is 17.5. The van der Waals surface area contributed by atoms with Gasteiger partial charge in [0.2, 0.25) is 21.6 Å². The fourth-order valence-corrected chi connectivity index (χ4v) is 11.2. The van der Waals surface area contributed by atoms with E-state index in [1.165, 1.54) is 92.7 Å². The molecule has 2 unspecified atom stereocenters. The van der Waals surface area contributed by atoms with Crippen LogP contribution >= 0.6 is 47.0 Å². The van der Waals surface area contributed by atoms with E-state index >= 15 is 8.78 Å². The molecule has 0 spiro atoms. The fraction of sp³-hybridized carbons (Fsp3) is 0.298. The van der Waals surface area contributed by atoms with E-state index in [1.807, 2.05) is 12.3 Å². The van der Waals surface area contributed by atoms with Crippen LogP contribution in [0.3, 0.4) is 0 Å². The number of aromatic nitrogens is 8. The van der Waals surface area contributed by atoms with Gasteiger partial charge in [-0.05, 0) is 87.4 Å². The summed E-state index contributed by atoms with van der Waals surface area (Å²) >= 11 is 5.12. The Bertz CT molecular complexity index is 3770. The van der Waals surface area contributed by atoms with Crippen LogP contribution in [0, 0.1) is 11.3 Å². The number of imidazole rings is 2. The van der Waals surface area contributed by atoms with Crippen LogP contribution in [0.2, 0.25) is 0 Å². The number of carbonyl (C=O) groups excluding carboxylic acids is 5. The van der Waals surface area contributed by atoms with Crippen LogP contribution < -0.4 is 0 Å². The molecule has 21 nitrogen and oxygen atoms in total. The van der Waals surface area contributed by atoms with Gasteiger partial charge in [-0.15, -0.1) is 33.7 Å². The second kappa shape index (κ2) is 25.5. The molecule has 0 radical (unpaired) electrons. The highest BCUT2D eigenvalue weighted by atomic mass is 32.2. The van der Waals surface area contributed by atoms with Crippen molar-refractivity contribution in [3.63, 3.8) is 0 Å². The van der Waals surface area contributed by atoms with Gasteiger partial charge in [0.1, 0.15) is 52.9 Å². The summed E-state index contributed by atoms with van der Waals surface area (Å²) in [6.45, 7) is 2.25. The molecular weight excluding hydrogens is 1170 g/mol. The molecule has 84 heavy (non-hydrogen) atoms. The highest BCUT2D eigenvalue weighted by Gasteiger charge is 2.72. The van der Waals surface area contributed by atoms with E-state index in [-0.39, 0.29) is 39.3 Å². The van der Waals surface area contributed by atoms with Crippen molar-refractivity contribution in [2.75, 3.05) is 38.2 Å². The van der Waals surface area contributed by atoms with Crippen molar-refractivity contribution in [2.24, 2.45) is 0 Å². The monoisotopic (exact) mass is 1220 g/mol. The summed E-state index contributed by atoms with van der Waals surface area (Å²) in [5, 5.41) is 21.1.